The maximum Gasteiger partial charge on any atom is 0.326 e. The summed E-state index contributed by atoms with van der Waals surface area (Å²) in [6.07, 6.45) is 0.928. The molecule has 9 heteroatoms. The predicted octanol–water partition coefficient (Wildman–Crippen LogP) is 1.49. The van der Waals surface area contributed by atoms with Crippen LogP contribution in [0.1, 0.15) is 35.7 Å². The van der Waals surface area contributed by atoms with E-state index in [1.807, 2.05) is 0 Å². The third kappa shape index (κ3) is 5.69. The minimum Gasteiger partial charge on any atom is -0.480 e. The van der Waals surface area contributed by atoms with E-state index in [9.17, 15) is 14.0 Å². The van der Waals surface area contributed by atoms with Crippen molar-refractivity contribution in [1.82, 2.24) is 10.6 Å². The maximum absolute atomic E-state index is 13.8. The second-order valence-corrected chi connectivity index (χ2v) is 5.53. The highest BCUT2D eigenvalue weighted by molar-refractivity contribution is 6.31. The normalized spacial score (nSPS) is 11.6. The summed E-state index contributed by atoms with van der Waals surface area (Å²) >= 11 is 5.94. The first kappa shape index (κ1) is 19.7. The molecule has 0 heterocycles. The Bertz CT molecular complexity index is 616. The van der Waals surface area contributed by atoms with Gasteiger partial charge in [-0.15, -0.1) is 0 Å². The number of hydrogen-bond donors (Lipinski definition) is 5. The molecule has 1 atom stereocenters. The number of rotatable bonds is 8. The summed E-state index contributed by atoms with van der Waals surface area (Å²) < 4.78 is 13.8. The average Bonchev–Trinajstić information content (AvgIpc) is 2.49. The number of nitrogens with one attached hydrogen (secondary N) is 3. The van der Waals surface area contributed by atoms with Gasteiger partial charge in [0.15, 0.2) is 5.96 Å². The van der Waals surface area contributed by atoms with Crippen LogP contribution in [-0.4, -0.2) is 35.5 Å². The topological polar surface area (TPSA) is 128 Å². The lowest BCUT2D eigenvalue weighted by molar-refractivity contribution is -0.139. The van der Waals surface area contributed by atoms with Crippen LogP contribution in [-0.2, 0) is 11.2 Å². The van der Waals surface area contributed by atoms with Crippen molar-refractivity contribution in [3.05, 3.63) is 34.1 Å². The molecule has 1 aromatic carbocycles. The number of halogens is 2. The van der Waals surface area contributed by atoms with Crippen molar-refractivity contribution >= 4 is 29.4 Å². The van der Waals surface area contributed by atoms with Crippen molar-refractivity contribution in [1.29, 1.82) is 5.41 Å². The number of carbonyl (C=O) groups excluding carboxylic acids is 1. The molecule has 0 unspecified atom stereocenters. The largest absolute Gasteiger partial charge is 0.480 e. The molecule has 0 aromatic heterocycles. The molecule has 7 nitrogen and oxygen atoms in total. The molecule has 1 rings (SSSR count). The Balaban J connectivity index is 2.55. The maximum atomic E-state index is 13.8. The Morgan fingerprint density at radius 3 is 2.62 bits per heavy atom. The fourth-order valence-corrected chi connectivity index (χ4v) is 2.47. The van der Waals surface area contributed by atoms with E-state index in [1.165, 1.54) is 6.07 Å². The van der Waals surface area contributed by atoms with E-state index in [-0.39, 0.29) is 23.6 Å². The van der Waals surface area contributed by atoms with Gasteiger partial charge >= 0.3 is 5.97 Å². The first-order chi connectivity index (χ1) is 11.3. The van der Waals surface area contributed by atoms with Gasteiger partial charge in [0, 0.05) is 22.7 Å². The molecule has 6 N–H and O–H groups in total. The summed E-state index contributed by atoms with van der Waals surface area (Å²) in [7, 11) is 0. The van der Waals surface area contributed by atoms with Crippen LogP contribution < -0.4 is 16.4 Å². The van der Waals surface area contributed by atoms with E-state index in [0.29, 0.717) is 18.4 Å². The van der Waals surface area contributed by atoms with Crippen molar-refractivity contribution in [3.8, 4) is 0 Å². The summed E-state index contributed by atoms with van der Waals surface area (Å²) in [4.78, 5) is 22.9. The van der Waals surface area contributed by atoms with Crippen LogP contribution in [0.25, 0.3) is 0 Å². The SMILES string of the molecule is CCc1c(F)cc(C(=O)NCCC[C@H](NC(=N)N)C(=O)O)cc1Cl. The number of hydrogen-bond acceptors (Lipinski definition) is 3. The molecule has 0 fully saturated rings. The fourth-order valence-electron chi connectivity index (χ4n) is 2.13. The molecule has 1 amide bonds. The number of nitrogens with two attached hydrogens (primary N) is 1. The van der Waals surface area contributed by atoms with Crippen LogP contribution in [0.5, 0.6) is 0 Å². The average molecular weight is 359 g/mol. The molecule has 1 aromatic rings. The number of amides is 1. The molecule has 0 spiro atoms. The number of carbonyl (C=O) groups is 2. The lowest BCUT2D eigenvalue weighted by atomic mass is 10.1. The van der Waals surface area contributed by atoms with Gasteiger partial charge in [-0.3, -0.25) is 10.2 Å². The van der Waals surface area contributed by atoms with Gasteiger partial charge < -0.3 is 21.5 Å². The zero-order valence-corrected chi connectivity index (χ0v) is 13.9. The summed E-state index contributed by atoms with van der Waals surface area (Å²) in [5.41, 5.74) is 5.56. The minimum atomic E-state index is -1.14. The van der Waals surface area contributed by atoms with Crippen molar-refractivity contribution in [2.45, 2.75) is 32.2 Å². The van der Waals surface area contributed by atoms with Gasteiger partial charge in [0.05, 0.1) is 0 Å². The predicted molar refractivity (Wildman–Crippen MR) is 88.8 cm³/mol. The van der Waals surface area contributed by atoms with Gasteiger partial charge in [0.2, 0.25) is 0 Å². The van der Waals surface area contributed by atoms with Crippen LogP contribution in [0.15, 0.2) is 12.1 Å². The lowest BCUT2D eigenvalue weighted by Crippen LogP contribution is -2.44. The van der Waals surface area contributed by atoms with Crippen molar-refractivity contribution < 1.29 is 19.1 Å². The molecule has 24 heavy (non-hydrogen) atoms. The smallest absolute Gasteiger partial charge is 0.326 e. The Kier molecular flexibility index (Phi) is 7.44. The van der Waals surface area contributed by atoms with E-state index in [0.717, 1.165) is 6.07 Å². The Hall–Kier alpha value is -2.35. The van der Waals surface area contributed by atoms with E-state index in [1.54, 1.807) is 6.92 Å². The molecule has 0 aliphatic heterocycles. The van der Waals surface area contributed by atoms with E-state index >= 15 is 0 Å². The second-order valence-electron chi connectivity index (χ2n) is 5.12. The first-order valence-corrected chi connectivity index (χ1v) is 7.73. The van der Waals surface area contributed by atoms with Crippen LogP contribution >= 0.6 is 11.6 Å². The summed E-state index contributed by atoms with van der Waals surface area (Å²) in [5.74, 6) is -2.61. The standard InChI is InChI=1S/C15H20ClFN4O3/c1-2-9-10(16)6-8(7-11(9)17)13(22)20-5-3-4-12(14(23)24)21-15(18)19/h6-7,12H,2-5H2,1H3,(H,20,22)(H,23,24)(H4,18,19,21)/t12-/m0/s1. The highest BCUT2D eigenvalue weighted by Gasteiger charge is 2.17. The highest BCUT2D eigenvalue weighted by atomic mass is 35.5. The van der Waals surface area contributed by atoms with Crippen molar-refractivity contribution in [3.63, 3.8) is 0 Å². The third-order valence-corrected chi connectivity index (χ3v) is 3.68. The van der Waals surface area contributed by atoms with Gasteiger partial charge in [-0.25, -0.2) is 9.18 Å². The number of benzene rings is 1. The number of aliphatic carboxylic acids is 1. The monoisotopic (exact) mass is 358 g/mol. The van der Waals surface area contributed by atoms with E-state index in [2.05, 4.69) is 10.6 Å². The van der Waals surface area contributed by atoms with Gasteiger partial charge in [0.25, 0.3) is 5.91 Å². The zero-order chi connectivity index (χ0) is 18.3. The van der Waals surface area contributed by atoms with Crippen LogP contribution in [0, 0.1) is 11.2 Å². The molecule has 0 aliphatic rings. The summed E-state index contributed by atoms with van der Waals surface area (Å²) in [6, 6.07) is 1.52. The Morgan fingerprint density at radius 2 is 2.12 bits per heavy atom. The summed E-state index contributed by atoms with van der Waals surface area (Å²) in [6.45, 7) is 1.95. The van der Waals surface area contributed by atoms with Crippen LogP contribution in [0.3, 0.4) is 0 Å². The molecular weight excluding hydrogens is 339 g/mol. The lowest BCUT2D eigenvalue weighted by Gasteiger charge is -2.14. The molecule has 0 bridgehead atoms. The van der Waals surface area contributed by atoms with Crippen molar-refractivity contribution in [2.75, 3.05) is 6.54 Å². The quantitative estimate of drug-likeness (QED) is 0.273. The third-order valence-electron chi connectivity index (χ3n) is 3.34. The fraction of sp³-hybridized carbons (Fsp3) is 0.400. The number of guanidine groups is 1. The molecule has 132 valence electrons. The number of carboxylic acid groups (broad SMARTS) is 1. The van der Waals surface area contributed by atoms with Gasteiger partial charge in [-0.05, 0) is 31.4 Å². The van der Waals surface area contributed by atoms with Gasteiger partial charge in [0.1, 0.15) is 11.9 Å². The van der Waals surface area contributed by atoms with Gasteiger partial charge in [-0.1, -0.05) is 18.5 Å². The highest BCUT2D eigenvalue weighted by Crippen LogP contribution is 2.22. The Morgan fingerprint density at radius 1 is 1.46 bits per heavy atom. The minimum absolute atomic E-state index is 0.103. The molecule has 0 saturated carbocycles. The summed E-state index contributed by atoms with van der Waals surface area (Å²) in [5, 5.41) is 21.1. The molecule has 0 aliphatic carbocycles. The number of carboxylic acids is 1. The second kappa shape index (κ2) is 9.07. The molecule has 0 saturated heterocycles. The molecule has 0 radical (unpaired) electrons. The zero-order valence-electron chi connectivity index (χ0n) is 13.2. The van der Waals surface area contributed by atoms with Crippen LogP contribution in [0.4, 0.5) is 4.39 Å². The van der Waals surface area contributed by atoms with E-state index < -0.39 is 29.7 Å². The van der Waals surface area contributed by atoms with Crippen molar-refractivity contribution in [2.24, 2.45) is 5.73 Å². The Labute approximate surface area is 143 Å². The first-order valence-electron chi connectivity index (χ1n) is 7.35. The van der Waals surface area contributed by atoms with Crippen LogP contribution in [0.2, 0.25) is 5.02 Å². The molecular formula is C15H20ClFN4O3. The van der Waals surface area contributed by atoms with E-state index in [4.69, 9.17) is 27.9 Å². The van der Waals surface area contributed by atoms with Gasteiger partial charge in [-0.2, -0.15) is 0 Å².